The van der Waals surface area contributed by atoms with Crippen molar-refractivity contribution in [2.45, 2.75) is 168 Å². The number of carboxylic acids is 1. The summed E-state index contributed by atoms with van der Waals surface area (Å²) in [6.45, 7) is 5.20. The average molecular weight is 602 g/mol. The Morgan fingerprint density at radius 1 is 0.628 bits per heavy atom. The zero-order valence-electron chi connectivity index (χ0n) is 27.6. The van der Waals surface area contributed by atoms with E-state index in [0.29, 0.717) is 24.3 Å². The molecule has 43 heavy (non-hydrogen) atoms. The third kappa shape index (κ3) is 23.7. The molecule has 1 aromatic rings. The van der Waals surface area contributed by atoms with Crippen LogP contribution in [0.15, 0.2) is 24.3 Å². The van der Waals surface area contributed by atoms with Gasteiger partial charge in [0.1, 0.15) is 5.75 Å². The molecule has 0 unspecified atom stereocenters. The summed E-state index contributed by atoms with van der Waals surface area (Å²) in [5, 5.41) is 11.2. The first-order chi connectivity index (χ1) is 20.9. The van der Waals surface area contributed by atoms with Crippen LogP contribution in [0, 0.1) is 5.92 Å². The van der Waals surface area contributed by atoms with Gasteiger partial charge in [-0.05, 0) is 37.3 Å². The van der Waals surface area contributed by atoms with Crippen molar-refractivity contribution in [2.24, 2.45) is 5.92 Å². The van der Waals surface area contributed by atoms with Gasteiger partial charge in [0.15, 0.2) is 0 Å². The Morgan fingerprint density at radius 3 is 1.58 bits per heavy atom. The lowest BCUT2D eigenvalue weighted by Crippen LogP contribution is -2.30. The first-order valence-electron chi connectivity index (χ1n) is 17.7. The zero-order valence-corrected chi connectivity index (χ0v) is 27.6. The molecule has 0 aliphatic carbocycles. The number of carbonyl (C=O) groups excluding carboxylic acids is 2. The van der Waals surface area contributed by atoms with E-state index in [1.807, 2.05) is 6.07 Å². The Hall–Kier alpha value is -2.37. The highest BCUT2D eigenvalue weighted by atomic mass is 16.5. The second-order valence-corrected chi connectivity index (χ2v) is 12.7. The fourth-order valence-electron chi connectivity index (χ4n) is 5.44. The van der Waals surface area contributed by atoms with Crippen LogP contribution in [-0.2, 0) is 9.59 Å². The number of carbonyl (C=O) groups is 3. The molecule has 0 heterocycles. The molecule has 0 saturated heterocycles. The maximum absolute atomic E-state index is 12.7. The number of hydrogen-bond donors (Lipinski definition) is 2. The number of nitrogens with one attached hydrogen (secondary N) is 1. The van der Waals surface area contributed by atoms with E-state index in [2.05, 4.69) is 19.2 Å². The number of benzene rings is 1. The van der Waals surface area contributed by atoms with Crippen LogP contribution in [-0.4, -0.2) is 29.5 Å². The van der Waals surface area contributed by atoms with Gasteiger partial charge in [-0.3, -0.25) is 19.7 Å². The van der Waals surface area contributed by atoms with Gasteiger partial charge >= 0.3 is 5.97 Å². The van der Waals surface area contributed by atoms with Crippen molar-refractivity contribution >= 4 is 17.8 Å². The predicted molar refractivity (Wildman–Crippen MR) is 178 cm³/mol. The molecule has 0 aliphatic heterocycles. The van der Waals surface area contributed by atoms with Crippen LogP contribution < -0.4 is 10.1 Å². The normalized spacial score (nSPS) is 11.1. The largest absolute Gasteiger partial charge is 0.493 e. The molecular formula is C37H63NO5. The second kappa shape index (κ2) is 27.2. The number of rotatable bonds is 29. The fourth-order valence-corrected chi connectivity index (χ4v) is 5.44. The van der Waals surface area contributed by atoms with Crippen LogP contribution in [0.4, 0.5) is 0 Å². The van der Waals surface area contributed by atoms with Crippen molar-refractivity contribution in [3.8, 4) is 5.75 Å². The summed E-state index contributed by atoms with van der Waals surface area (Å²) in [7, 11) is 0. The van der Waals surface area contributed by atoms with Crippen LogP contribution in [0.5, 0.6) is 5.75 Å². The number of hydrogen-bond acceptors (Lipinski definition) is 4. The summed E-state index contributed by atoms with van der Waals surface area (Å²) in [5.41, 5.74) is 0.411. The highest BCUT2D eigenvalue weighted by Crippen LogP contribution is 2.19. The van der Waals surface area contributed by atoms with E-state index in [0.717, 1.165) is 70.1 Å². The lowest BCUT2D eigenvalue weighted by molar-refractivity contribution is -0.137. The number of carboxylic acid groups (broad SMARTS) is 1. The van der Waals surface area contributed by atoms with Crippen molar-refractivity contribution in [3.05, 3.63) is 29.8 Å². The highest BCUT2D eigenvalue weighted by molar-refractivity contribution is 6.06. The Morgan fingerprint density at radius 2 is 1.07 bits per heavy atom. The molecule has 2 N–H and O–H groups in total. The predicted octanol–water partition coefficient (Wildman–Crippen LogP) is 10.4. The highest BCUT2D eigenvalue weighted by Gasteiger charge is 2.15. The summed E-state index contributed by atoms with van der Waals surface area (Å²) in [6.07, 6.45) is 26.7. The van der Waals surface area contributed by atoms with Gasteiger partial charge in [0, 0.05) is 12.8 Å². The fraction of sp³-hybridized carbons (Fsp3) is 0.757. The standard InChI is InChI=1S/C37H63NO5/c1-32(2)26-20-16-12-8-6-4-3-5-7-11-15-19-25-31-43-34-28-24-23-27-33(34)37(42)38-35(39)29-21-17-13-9-10-14-18-22-30-36(40)41/h23-24,27-28,32H,3-22,25-26,29-31H2,1-2H3,(H,40,41)(H,38,39,42). The SMILES string of the molecule is CC(C)CCCCCCCCCCCCCCCOc1ccccc1C(=O)NC(=O)CCCCCCCCCCC(=O)O. The van der Waals surface area contributed by atoms with Crippen molar-refractivity contribution in [1.82, 2.24) is 5.32 Å². The van der Waals surface area contributed by atoms with Gasteiger partial charge in [0.25, 0.3) is 5.91 Å². The molecule has 1 rings (SSSR count). The molecular weight excluding hydrogens is 538 g/mol. The lowest BCUT2D eigenvalue weighted by Gasteiger charge is -2.11. The topological polar surface area (TPSA) is 92.7 Å². The van der Waals surface area contributed by atoms with Crippen LogP contribution >= 0.6 is 0 Å². The smallest absolute Gasteiger partial charge is 0.303 e. The van der Waals surface area contributed by atoms with Crippen LogP contribution in [0.25, 0.3) is 0 Å². The summed E-state index contributed by atoms with van der Waals surface area (Å²) in [6, 6.07) is 7.16. The molecule has 0 atom stereocenters. The molecule has 6 nitrogen and oxygen atoms in total. The number of aliphatic carboxylic acids is 1. The van der Waals surface area contributed by atoms with E-state index in [1.54, 1.807) is 18.2 Å². The van der Waals surface area contributed by atoms with E-state index in [4.69, 9.17) is 9.84 Å². The molecule has 0 spiro atoms. The number of para-hydroxylation sites is 1. The maximum atomic E-state index is 12.7. The summed E-state index contributed by atoms with van der Waals surface area (Å²) in [4.78, 5) is 35.5. The third-order valence-corrected chi connectivity index (χ3v) is 8.11. The minimum absolute atomic E-state index is 0.245. The minimum atomic E-state index is -0.724. The Kier molecular flexibility index (Phi) is 24.4. The third-order valence-electron chi connectivity index (χ3n) is 8.11. The number of amides is 2. The number of unbranched alkanes of at least 4 members (excludes halogenated alkanes) is 19. The molecule has 0 radical (unpaired) electrons. The van der Waals surface area contributed by atoms with Crippen LogP contribution in [0.2, 0.25) is 0 Å². The first kappa shape index (κ1) is 38.7. The van der Waals surface area contributed by atoms with Crippen molar-refractivity contribution < 1.29 is 24.2 Å². The van der Waals surface area contributed by atoms with Gasteiger partial charge in [-0.2, -0.15) is 0 Å². The van der Waals surface area contributed by atoms with Gasteiger partial charge in [0.2, 0.25) is 5.91 Å². The van der Waals surface area contributed by atoms with E-state index in [1.165, 1.54) is 77.0 Å². The van der Waals surface area contributed by atoms with Gasteiger partial charge in [0.05, 0.1) is 12.2 Å². The first-order valence-corrected chi connectivity index (χ1v) is 17.7. The Labute approximate surface area is 263 Å². The molecule has 0 aromatic heterocycles. The van der Waals surface area contributed by atoms with Crippen LogP contribution in [0.1, 0.15) is 178 Å². The molecule has 2 amide bonds. The quantitative estimate of drug-likeness (QED) is 0.0891. The van der Waals surface area contributed by atoms with E-state index >= 15 is 0 Å². The average Bonchev–Trinajstić information content (AvgIpc) is 2.97. The van der Waals surface area contributed by atoms with E-state index < -0.39 is 11.9 Å². The Bertz CT molecular complexity index is 853. The van der Waals surface area contributed by atoms with Crippen molar-refractivity contribution in [3.63, 3.8) is 0 Å². The van der Waals surface area contributed by atoms with Gasteiger partial charge in [-0.1, -0.05) is 148 Å². The maximum Gasteiger partial charge on any atom is 0.303 e. The monoisotopic (exact) mass is 601 g/mol. The summed E-state index contributed by atoms with van der Waals surface area (Å²) < 4.78 is 5.93. The van der Waals surface area contributed by atoms with Crippen molar-refractivity contribution in [2.75, 3.05) is 6.61 Å². The molecule has 0 saturated carbocycles. The van der Waals surface area contributed by atoms with Crippen molar-refractivity contribution in [1.29, 1.82) is 0 Å². The second-order valence-electron chi connectivity index (χ2n) is 12.7. The van der Waals surface area contributed by atoms with E-state index in [-0.39, 0.29) is 12.3 Å². The van der Waals surface area contributed by atoms with Gasteiger partial charge in [-0.15, -0.1) is 0 Å². The molecule has 0 aliphatic rings. The molecule has 0 bridgehead atoms. The molecule has 6 heteroatoms. The molecule has 246 valence electrons. The number of ether oxygens (including phenoxy) is 1. The lowest BCUT2D eigenvalue weighted by atomic mass is 10.0. The summed E-state index contributed by atoms with van der Waals surface area (Å²) >= 11 is 0. The zero-order chi connectivity index (χ0) is 31.4. The summed E-state index contributed by atoms with van der Waals surface area (Å²) in [5.74, 6) is 0.0211. The number of imide groups is 1. The molecule has 0 fully saturated rings. The van der Waals surface area contributed by atoms with Gasteiger partial charge < -0.3 is 9.84 Å². The minimum Gasteiger partial charge on any atom is -0.493 e. The van der Waals surface area contributed by atoms with Crippen LogP contribution in [0.3, 0.4) is 0 Å². The van der Waals surface area contributed by atoms with E-state index in [9.17, 15) is 14.4 Å². The Balaban J connectivity index is 2.05. The van der Waals surface area contributed by atoms with Gasteiger partial charge in [-0.25, -0.2) is 0 Å². The molecule has 1 aromatic carbocycles.